The van der Waals surface area contributed by atoms with Gasteiger partial charge in [-0.15, -0.1) is 0 Å². The average Bonchev–Trinajstić information content (AvgIpc) is 2.42. The zero-order valence-electron chi connectivity index (χ0n) is 13.8. The molecule has 21 heavy (non-hydrogen) atoms. The van der Waals surface area contributed by atoms with Gasteiger partial charge in [0.05, 0.1) is 4.90 Å². The molecule has 0 spiro atoms. The third-order valence-electron chi connectivity index (χ3n) is 3.21. The Hall–Kier alpha value is -0.910. The van der Waals surface area contributed by atoms with Gasteiger partial charge in [-0.1, -0.05) is 32.9 Å². The van der Waals surface area contributed by atoms with Gasteiger partial charge < -0.3 is 5.32 Å². The molecule has 1 aromatic carbocycles. The van der Waals surface area contributed by atoms with Crippen LogP contribution in [0.1, 0.15) is 40.2 Å². The molecule has 0 saturated heterocycles. The number of nitrogens with zero attached hydrogens (tertiary/aromatic N) is 1. The molecule has 120 valence electrons. The van der Waals surface area contributed by atoms with Crippen LogP contribution in [-0.4, -0.2) is 31.9 Å². The van der Waals surface area contributed by atoms with Gasteiger partial charge in [-0.05, 0) is 44.0 Å². The van der Waals surface area contributed by atoms with E-state index < -0.39 is 10.0 Å². The van der Waals surface area contributed by atoms with E-state index >= 15 is 0 Å². The van der Waals surface area contributed by atoms with E-state index in [1.54, 1.807) is 16.4 Å². The molecule has 0 amide bonds. The Bertz CT molecular complexity index is 539. The first-order valence-corrected chi connectivity index (χ1v) is 9.04. The fraction of sp³-hybridized carbons (Fsp3) is 0.625. The SMILES string of the molecule is CCNCc1cccc(S(=O)(=O)N(CC(C)C)C(C)C)c1. The van der Waals surface area contributed by atoms with Crippen molar-refractivity contribution in [2.24, 2.45) is 5.92 Å². The highest BCUT2D eigenvalue weighted by atomic mass is 32.2. The monoisotopic (exact) mass is 312 g/mol. The number of rotatable bonds is 8. The Balaban J connectivity index is 3.10. The molecule has 0 bridgehead atoms. The molecule has 0 atom stereocenters. The number of hydrogen-bond acceptors (Lipinski definition) is 3. The summed E-state index contributed by atoms with van der Waals surface area (Å²) in [5, 5.41) is 3.22. The molecule has 0 radical (unpaired) electrons. The van der Waals surface area contributed by atoms with Gasteiger partial charge in [-0.25, -0.2) is 8.42 Å². The van der Waals surface area contributed by atoms with Gasteiger partial charge in [-0.2, -0.15) is 4.31 Å². The van der Waals surface area contributed by atoms with Crippen LogP contribution in [0.15, 0.2) is 29.2 Å². The van der Waals surface area contributed by atoms with Crippen LogP contribution in [0.5, 0.6) is 0 Å². The molecule has 4 nitrogen and oxygen atoms in total. The van der Waals surface area contributed by atoms with Crippen LogP contribution in [0, 0.1) is 5.92 Å². The summed E-state index contributed by atoms with van der Waals surface area (Å²) in [5.74, 6) is 0.298. The fourth-order valence-corrected chi connectivity index (χ4v) is 4.04. The number of sulfonamides is 1. The Morgan fingerprint density at radius 1 is 1.19 bits per heavy atom. The smallest absolute Gasteiger partial charge is 0.243 e. The van der Waals surface area contributed by atoms with Gasteiger partial charge >= 0.3 is 0 Å². The normalized spacial score (nSPS) is 12.6. The molecule has 0 aliphatic carbocycles. The van der Waals surface area contributed by atoms with E-state index in [-0.39, 0.29) is 6.04 Å². The van der Waals surface area contributed by atoms with Crippen LogP contribution in [0.3, 0.4) is 0 Å². The standard InChI is InChI=1S/C16H28N2O2S/c1-6-17-11-15-8-7-9-16(10-15)21(19,20)18(14(4)5)12-13(2)3/h7-10,13-14,17H,6,11-12H2,1-5H3. The lowest BCUT2D eigenvalue weighted by Gasteiger charge is -2.27. The molecule has 0 unspecified atom stereocenters. The van der Waals surface area contributed by atoms with Crippen LogP contribution in [0.25, 0.3) is 0 Å². The zero-order valence-corrected chi connectivity index (χ0v) is 14.6. The number of benzene rings is 1. The minimum absolute atomic E-state index is 0.0465. The highest BCUT2D eigenvalue weighted by Gasteiger charge is 2.27. The summed E-state index contributed by atoms with van der Waals surface area (Å²) in [6, 6.07) is 7.17. The molecular weight excluding hydrogens is 284 g/mol. The van der Waals surface area contributed by atoms with Crippen molar-refractivity contribution in [2.45, 2.75) is 52.1 Å². The maximum Gasteiger partial charge on any atom is 0.243 e. The molecule has 1 rings (SSSR count). The first-order valence-electron chi connectivity index (χ1n) is 7.60. The van der Waals surface area contributed by atoms with Gasteiger partial charge in [0.2, 0.25) is 10.0 Å². The van der Waals surface area contributed by atoms with E-state index in [1.165, 1.54) is 0 Å². The van der Waals surface area contributed by atoms with Crippen molar-refractivity contribution in [3.05, 3.63) is 29.8 Å². The lowest BCUT2D eigenvalue weighted by molar-refractivity contribution is 0.319. The van der Waals surface area contributed by atoms with Crippen molar-refractivity contribution in [2.75, 3.05) is 13.1 Å². The van der Waals surface area contributed by atoms with Gasteiger partial charge in [0.25, 0.3) is 0 Å². The molecule has 0 fully saturated rings. The van der Waals surface area contributed by atoms with Crippen LogP contribution < -0.4 is 5.32 Å². The van der Waals surface area contributed by atoms with E-state index in [0.29, 0.717) is 23.9 Å². The molecule has 5 heteroatoms. The molecule has 0 aromatic heterocycles. The molecule has 0 heterocycles. The van der Waals surface area contributed by atoms with E-state index in [0.717, 1.165) is 12.1 Å². The summed E-state index contributed by atoms with van der Waals surface area (Å²) in [4.78, 5) is 0.382. The molecule has 1 N–H and O–H groups in total. The average molecular weight is 312 g/mol. The summed E-state index contributed by atoms with van der Waals surface area (Å²) in [5.41, 5.74) is 0.992. The molecule has 0 saturated carbocycles. The van der Waals surface area contributed by atoms with Crippen molar-refractivity contribution in [3.8, 4) is 0 Å². The summed E-state index contributed by atoms with van der Waals surface area (Å²) in [7, 11) is -3.44. The lowest BCUT2D eigenvalue weighted by Crippen LogP contribution is -2.39. The minimum atomic E-state index is -3.44. The summed E-state index contributed by atoms with van der Waals surface area (Å²) in [6.07, 6.45) is 0. The largest absolute Gasteiger partial charge is 0.313 e. The van der Waals surface area contributed by atoms with Crippen molar-refractivity contribution in [1.82, 2.24) is 9.62 Å². The second-order valence-corrected chi connectivity index (χ2v) is 7.88. The van der Waals surface area contributed by atoms with Crippen molar-refractivity contribution >= 4 is 10.0 Å². The van der Waals surface area contributed by atoms with Gasteiger partial charge in [0.1, 0.15) is 0 Å². The van der Waals surface area contributed by atoms with Crippen LogP contribution in [0.2, 0.25) is 0 Å². The summed E-state index contributed by atoms with van der Waals surface area (Å²) < 4.78 is 27.3. The second-order valence-electron chi connectivity index (χ2n) is 5.99. The Morgan fingerprint density at radius 3 is 2.38 bits per heavy atom. The maximum absolute atomic E-state index is 12.8. The topological polar surface area (TPSA) is 49.4 Å². The first kappa shape index (κ1) is 18.1. The van der Waals surface area contributed by atoms with Crippen molar-refractivity contribution < 1.29 is 8.42 Å². The van der Waals surface area contributed by atoms with Crippen LogP contribution in [0.4, 0.5) is 0 Å². The zero-order chi connectivity index (χ0) is 16.0. The molecule has 0 aliphatic rings. The van der Waals surface area contributed by atoms with Gasteiger partial charge in [-0.3, -0.25) is 0 Å². The predicted octanol–water partition coefficient (Wildman–Crippen LogP) is 2.85. The number of nitrogens with one attached hydrogen (secondary N) is 1. The third kappa shape index (κ3) is 5.09. The third-order valence-corrected chi connectivity index (χ3v) is 5.24. The van der Waals surface area contributed by atoms with Crippen molar-refractivity contribution in [1.29, 1.82) is 0 Å². The van der Waals surface area contributed by atoms with E-state index in [1.807, 2.05) is 46.8 Å². The Labute approximate surface area is 129 Å². The molecule has 0 aliphatic heterocycles. The summed E-state index contributed by atoms with van der Waals surface area (Å²) >= 11 is 0. The highest BCUT2D eigenvalue weighted by Crippen LogP contribution is 2.20. The minimum Gasteiger partial charge on any atom is -0.313 e. The van der Waals surface area contributed by atoms with E-state index in [4.69, 9.17) is 0 Å². The molecular formula is C16H28N2O2S. The number of hydrogen-bond donors (Lipinski definition) is 1. The second kappa shape index (κ2) is 7.92. The first-order chi connectivity index (χ1) is 9.78. The Kier molecular flexibility index (Phi) is 6.84. The highest BCUT2D eigenvalue weighted by molar-refractivity contribution is 7.89. The summed E-state index contributed by atoms with van der Waals surface area (Å²) in [6.45, 7) is 12.0. The molecule has 1 aromatic rings. The van der Waals surface area contributed by atoms with Crippen LogP contribution >= 0.6 is 0 Å². The van der Waals surface area contributed by atoms with Crippen LogP contribution in [-0.2, 0) is 16.6 Å². The van der Waals surface area contributed by atoms with Gasteiger partial charge in [0.15, 0.2) is 0 Å². The van der Waals surface area contributed by atoms with E-state index in [2.05, 4.69) is 5.32 Å². The van der Waals surface area contributed by atoms with Gasteiger partial charge in [0, 0.05) is 19.1 Å². The van der Waals surface area contributed by atoms with E-state index in [9.17, 15) is 8.42 Å². The fourth-order valence-electron chi connectivity index (χ4n) is 2.17. The quantitative estimate of drug-likeness (QED) is 0.803. The lowest BCUT2D eigenvalue weighted by atomic mass is 10.2. The predicted molar refractivity (Wildman–Crippen MR) is 87.7 cm³/mol. The Morgan fingerprint density at radius 2 is 1.86 bits per heavy atom. The maximum atomic E-state index is 12.8. The van der Waals surface area contributed by atoms with Crippen molar-refractivity contribution in [3.63, 3.8) is 0 Å².